The number of hydrogen-bond acceptors (Lipinski definition) is 2. The van der Waals surface area contributed by atoms with Crippen LogP contribution >= 0.6 is 15.9 Å². The zero-order valence-electron chi connectivity index (χ0n) is 5.44. The topological polar surface area (TPSA) is 26.0 Å². The monoisotopic (exact) mass is 189 g/mol. The molecule has 0 aliphatic rings. The molecule has 1 aromatic heterocycles. The van der Waals surface area contributed by atoms with Crippen LogP contribution in [0.15, 0.2) is 9.00 Å². The molecule has 2 nitrogen and oxygen atoms in total. The van der Waals surface area contributed by atoms with Crippen molar-refractivity contribution in [2.45, 2.75) is 20.3 Å². The van der Waals surface area contributed by atoms with Gasteiger partial charge in [-0.1, -0.05) is 12.1 Å². The van der Waals surface area contributed by atoms with Crippen molar-refractivity contribution in [3.8, 4) is 0 Å². The van der Waals surface area contributed by atoms with Crippen molar-refractivity contribution in [3.63, 3.8) is 0 Å². The highest BCUT2D eigenvalue weighted by atomic mass is 79.9. The molecule has 3 heteroatoms. The highest BCUT2D eigenvalue weighted by Crippen LogP contribution is 2.20. The minimum atomic E-state index is 0.890. The van der Waals surface area contributed by atoms with Gasteiger partial charge in [-0.2, -0.15) is 0 Å². The third-order valence-corrected chi connectivity index (χ3v) is 2.19. The molecule has 1 rings (SSSR count). The van der Waals surface area contributed by atoms with E-state index in [4.69, 9.17) is 4.52 Å². The van der Waals surface area contributed by atoms with Crippen LogP contribution < -0.4 is 0 Å². The highest BCUT2D eigenvalue weighted by Gasteiger charge is 2.05. The van der Waals surface area contributed by atoms with E-state index in [1.807, 2.05) is 13.8 Å². The van der Waals surface area contributed by atoms with Crippen LogP contribution in [0.4, 0.5) is 0 Å². The molecule has 50 valence electrons. The average molecular weight is 190 g/mol. The van der Waals surface area contributed by atoms with Gasteiger partial charge in [-0.3, -0.25) is 0 Å². The molecular weight excluding hydrogens is 182 g/mol. The van der Waals surface area contributed by atoms with Crippen molar-refractivity contribution in [2.24, 2.45) is 0 Å². The van der Waals surface area contributed by atoms with Crippen LogP contribution in [0.25, 0.3) is 0 Å². The van der Waals surface area contributed by atoms with Crippen LogP contribution in [0.3, 0.4) is 0 Å². The third-order valence-electron chi connectivity index (χ3n) is 1.18. The molecule has 0 N–H and O–H groups in total. The molecule has 0 saturated heterocycles. The van der Waals surface area contributed by atoms with Crippen molar-refractivity contribution in [1.82, 2.24) is 5.16 Å². The van der Waals surface area contributed by atoms with Crippen LogP contribution in [0.2, 0.25) is 0 Å². The summed E-state index contributed by atoms with van der Waals surface area (Å²) in [6.45, 7) is 3.94. The summed E-state index contributed by atoms with van der Waals surface area (Å²) >= 11 is 3.35. The maximum absolute atomic E-state index is 4.95. The average Bonchev–Trinajstić information content (AvgIpc) is 2.15. The van der Waals surface area contributed by atoms with E-state index < -0.39 is 0 Å². The Hall–Kier alpha value is -0.310. The molecule has 1 heterocycles. The van der Waals surface area contributed by atoms with Crippen molar-refractivity contribution in [3.05, 3.63) is 15.9 Å². The lowest BCUT2D eigenvalue weighted by molar-refractivity contribution is 0.382. The van der Waals surface area contributed by atoms with Gasteiger partial charge in [-0.15, -0.1) is 0 Å². The lowest BCUT2D eigenvalue weighted by Crippen LogP contribution is -1.73. The molecule has 0 fully saturated rings. The van der Waals surface area contributed by atoms with Gasteiger partial charge in [-0.25, -0.2) is 0 Å². The van der Waals surface area contributed by atoms with E-state index in [0.717, 1.165) is 22.3 Å². The van der Waals surface area contributed by atoms with E-state index in [0.29, 0.717) is 0 Å². The summed E-state index contributed by atoms with van der Waals surface area (Å²) in [5.41, 5.74) is 0.923. The van der Waals surface area contributed by atoms with E-state index in [1.165, 1.54) is 0 Å². The molecule has 1 aromatic rings. The molecule has 9 heavy (non-hydrogen) atoms. The van der Waals surface area contributed by atoms with Gasteiger partial charge in [0.25, 0.3) is 0 Å². The first-order valence-electron chi connectivity index (χ1n) is 2.86. The molecule has 0 spiro atoms. The lowest BCUT2D eigenvalue weighted by Gasteiger charge is -1.84. The van der Waals surface area contributed by atoms with Gasteiger partial charge in [0.05, 0.1) is 10.2 Å². The third kappa shape index (κ3) is 1.15. The summed E-state index contributed by atoms with van der Waals surface area (Å²) in [6, 6.07) is 0. The zero-order chi connectivity index (χ0) is 6.85. The van der Waals surface area contributed by atoms with Crippen molar-refractivity contribution in [1.29, 1.82) is 0 Å². The van der Waals surface area contributed by atoms with Crippen LogP contribution in [0, 0.1) is 6.92 Å². The number of rotatable bonds is 1. The quantitative estimate of drug-likeness (QED) is 0.678. The van der Waals surface area contributed by atoms with E-state index in [1.54, 1.807) is 0 Å². The second-order valence-electron chi connectivity index (χ2n) is 1.86. The molecule has 0 radical (unpaired) electrons. The van der Waals surface area contributed by atoms with Gasteiger partial charge < -0.3 is 4.52 Å². The second kappa shape index (κ2) is 2.52. The molecule has 0 unspecified atom stereocenters. The maximum atomic E-state index is 4.95. The Morgan fingerprint density at radius 3 is 2.56 bits per heavy atom. The van der Waals surface area contributed by atoms with Gasteiger partial charge in [0.2, 0.25) is 0 Å². The Morgan fingerprint density at radius 2 is 2.33 bits per heavy atom. The first-order chi connectivity index (χ1) is 4.25. The molecule has 0 aromatic carbocycles. The summed E-state index contributed by atoms with van der Waals surface area (Å²) in [7, 11) is 0. The fourth-order valence-electron chi connectivity index (χ4n) is 0.625. The molecule has 0 aliphatic heterocycles. The van der Waals surface area contributed by atoms with Gasteiger partial charge in [0.1, 0.15) is 0 Å². The fraction of sp³-hybridized carbons (Fsp3) is 0.500. The number of hydrogen-bond donors (Lipinski definition) is 0. The smallest absolute Gasteiger partial charge is 0.150 e. The Morgan fingerprint density at radius 1 is 1.67 bits per heavy atom. The SMILES string of the molecule is CCc1onc(C)c1Br. The summed E-state index contributed by atoms with van der Waals surface area (Å²) in [5.74, 6) is 0.924. The molecule has 0 saturated carbocycles. The normalized spacial score (nSPS) is 10.1. The minimum Gasteiger partial charge on any atom is -0.360 e. The number of nitrogens with zero attached hydrogens (tertiary/aromatic N) is 1. The second-order valence-corrected chi connectivity index (χ2v) is 2.65. The van der Waals surface area contributed by atoms with Crippen molar-refractivity contribution < 1.29 is 4.52 Å². The summed E-state index contributed by atoms with van der Waals surface area (Å²) in [4.78, 5) is 0. The maximum Gasteiger partial charge on any atom is 0.150 e. The number of aryl methyl sites for hydroxylation is 2. The lowest BCUT2D eigenvalue weighted by atomic mass is 10.3. The zero-order valence-corrected chi connectivity index (χ0v) is 7.03. The van der Waals surface area contributed by atoms with E-state index >= 15 is 0 Å². The number of aromatic nitrogens is 1. The molecule has 0 aliphatic carbocycles. The predicted molar refractivity (Wildman–Crippen MR) is 38.3 cm³/mol. The van der Waals surface area contributed by atoms with Crippen molar-refractivity contribution in [2.75, 3.05) is 0 Å². The molecule has 0 atom stereocenters. The van der Waals surface area contributed by atoms with E-state index in [-0.39, 0.29) is 0 Å². The summed E-state index contributed by atoms with van der Waals surface area (Å²) in [6.07, 6.45) is 0.890. The predicted octanol–water partition coefficient (Wildman–Crippen LogP) is 2.31. The van der Waals surface area contributed by atoms with Gasteiger partial charge in [0, 0.05) is 6.42 Å². The fourth-order valence-corrected chi connectivity index (χ4v) is 1.05. The summed E-state index contributed by atoms with van der Waals surface area (Å²) in [5, 5.41) is 3.77. The van der Waals surface area contributed by atoms with E-state index in [2.05, 4.69) is 21.1 Å². The molecular formula is C6H8BrNO. The van der Waals surface area contributed by atoms with Crippen LogP contribution in [0.1, 0.15) is 18.4 Å². The van der Waals surface area contributed by atoms with Crippen molar-refractivity contribution >= 4 is 15.9 Å². The Balaban J connectivity index is 3.04. The Kier molecular flexibility index (Phi) is 1.90. The largest absolute Gasteiger partial charge is 0.360 e. The first kappa shape index (κ1) is 6.81. The first-order valence-corrected chi connectivity index (χ1v) is 3.65. The van der Waals surface area contributed by atoms with Crippen LogP contribution in [-0.4, -0.2) is 5.16 Å². The Labute approximate surface area is 62.4 Å². The summed E-state index contributed by atoms with van der Waals surface area (Å²) < 4.78 is 5.95. The van der Waals surface area contributed by atoms with Crippen LogP contribution in [0.5, 0.6) is 0 Å². The van der Waals surface area contributed by atoms with Gasteiger partial charge >= 0.3 is 0 Å². The van der Waals surface area contributed by atoms with Gasteiger partial charge in [0.15, 0.2) is 5.76 Å². The van der Waals surface area contributed by atoms with Gasteiger partial charge in [-0.05, 0) is 22.9 Å². The van der Waals surface area contributed by atoms with E-state index in [9.17, 15) is 0 Å². The molecule has 0 amide bonds. The Bertz CT molecular complexity index is 207. The standard InChI is InChI=1S/C6H8BrNO/c1-3-5-6(7)4(2)8-9-5/h3H2,1-2H3. The number of halogens is 1. The highest BCUT2D eigenvalue weighted by molar-refractivity contribution is 9.10. The molecule has 0 bridgehead atoms. The van der Waals surface area contributed by atoms with Crippen LogP contribution in [-0.2, 0) is 6.42 Å². The minimum absolute atomic E-state index is 0.890.